The number of alkyl halides is 3. The van der Waals surface area contributed by atoms with E-state index in [2.05, 4.69) is 0 Å². The van der Waals surface area contributed by atoms with Crippen molar-refractivity contribution < 1.29 is 18.7 Å². The molecule has 0 bridgehead atoms. The molecule has 2 nitrogen and oxygen atoms in total. The summed E-state index contributed by atoms with van der Waals surface area (Å²) in [5, 5.41) is 8.05. The van der Waals surface area contributed by atoms with Crippen LogP contribution >= 0.6 is 22.6 Å². The first-order valence-electron chi connectivity index (χ1n) is 2.95. The van der Waals surface area contributed by atoms with Gasteiger partial charge in [-0.2, -0.15) is 8.78 Å². The van der Waals surface area contributed by atoms with Crippen LogP contribution in [0.1, 0.15) is 20.3 Å². The first kappa shape index (κ1) is 11.1. The smallest absolute Gasteiger partial charge is 0.374 e. The molecule has 11 heavy (non-hydrogen) atoms. The first-order chi connectivity index (χ1) is 4.65. The largest absolute Gasteiger partial charge is 0.477 e. The number of hydrogen-bond donors (Lipinski definition) is 1. The van der Waals surface area contributed by atoms with Crippen molar-refractivity contribution in [1.29, 1.82) is 0 Å². The van der Waals surface area contributed by atoms with Gasteiger partial charge in [-0.25, -0.2) is 4.79 Å². The molecule has 0 spiro atoms. The zero-order chi connectivity index (χ0) is 9.28. The maximum Gasteiger partial charge on any atom is 0.374 e. The molecular weight excluding hydrogens is 269 g/mol. The van der Waals surface area contributed by atoms with E-state index < -0.39 is 21.7 Å². The fourth-order valence-corrected chi connectivity index (χ4v) is 1.08. The van der Waals surface area contributed by atoms with E-state index in [0.29, 0.717) is 0 Å². The van der Waals surface area contributed by atoms with E-state index in [1.165, 1.54) is 0 Å². The number of carboxylic acids is 1. The number of carboxylic acid groups (broad SMARTS) is 1. The lowest BCUT2D eigenvalue weighted by molar-refractivity contribution is -0.166. The van der Waals surface area contributed by atoms with Gasteiger partial charge >= 0.3 is 11.9 Å². The highest BCUT2D eigenvalue weighted by molar-refractivity contribution is 14.1. The normalized spacial score (nSPS) is 13.2. The maximum atomic E-state index is 12.4. The second kappa shape index (κ2) is 3.20. The number of rotatable bonds is 3. The van der Waals surface area contributed by atoms with E-state index in [0.717, 1.165) is 0 Å². The van der Waals surface area contributed by atoms with Gasteiger partial charge < -0.3 is 5.11 Å². The van der Waals surface area contributed by atoms with E-state index >= 15 is 0 Å². The molecule has 0 saturated heterocycles. The molecule has 0 atom stereocenters. The van der Waals surface area contributed by atoms with Crippen LogP contribution < -0.4 is 0 Å². The predicted molar refractivity (Wildman–Crippen MR) is 45.3 cm³/mol. The molecule has 0 aliphatic heterocycles. The lowest BCUT2D eigenvalue weighted by Gasteiger charge is -2.20. The third kappa shape index (κ3) is 4.49. The predicted octanol–water partition coefficient (Wildman–Crippen LogP) is 2.31. The van der Waals surface area contributed by atoms with Gasteiger partial charge in [-0.05, 0) is 0 Å². The summed E-state index contributed by atoms with van der Waals surface area (Å²) in [6.07, 6.45) is -0.643. The number of carbonyl (C=O) groups is 1. The molecule has 0 aromatic heterocycles. The van der Waals surface area contributed by atoms with Crippen molar-refractivity contribution in [1.82, 2.24) is 0 Å². The average molecular weight is 278 g/mol. The van der Waals surface area contributed by atoms with E-state index in [1.807, 2.05) is 0 Å². The molecule has 0 rings (SSSR count). The molecule has 0 fully saturated rings. The molecule has 0 heterocycles. The van der Waals surface area contributed by atoms with Crippen molar-refractivity contribution in [2.75, 3.05) is 0 Å². The highest BCUT2D eigenvalue weighted by Crippen LogP contribution is 2.32. The molecule has 0 radical (unpaired) electrons. The zero-order valence-corrected chi connectivity index (χ0v) is 8.35. The van der Waals surface area contributed by atoms with Gasteiger partial charge in [-0.15, -0.1) is 0 Å². The van der Waals surface area contributed by atoms with Gasteiger partial charge in [0.15, 0.2) is 0 Å². The summed E-state index contributed by atoms with van der Waals surface area (Å²) >= 11 is 1.79. The van der Waals surface area contributed by atoms with Crippen molar-refractivity contribution in [3.05, 3.63) is 0 Å². The molecule has 0 aromatic rings. The second-order valence-corrected chi connectivity index (χ2v) is 5.83. The van der Waals surface area contributed by atoms with Gasteiger partial charge in [-0.1, -0.05) is 36.4 Å². The monoisotopic (exact) mass is 278 g/mol. The Morgan fingerprint density at radius 3 is 2.00 bits per heavy atom. The summed E-state index contributed by atoms with van der Waals surface area (Å²) in [5.74, 6) is -5.66. The Morgan fingerprint density at radius 2 is 1.91 bits per heavy atom. The molecule has 0 saturated carbocycles. The lowest BCUT2D eigenvalue weighted by atomic mass is 10.1. The van der Waals surface area contributed by atoms with Crippen LogP contribution in [-0.4, -0.2) is 20.4 Å². The van der Waals surface area contributed by atoms with Crippen molar-refractivity contribution in [2.45, 2.75) is 29.6 Å². The summed E-state index contributed by atoms with van der Waals surface area (Å²) in [6.45, 7) is 3.12. The summed E-state index contributed by atoms with van der Waals surface area (Å²) in [5.41, 5.74) is 0. The van der Waals surface area contributed by atoms with Crippen LogP contribution in [0.3, 0.4) is 0 Å². The summed E-state index contributed by atoms with van der Waals surface area (Å²) in [7, 11) is 0. The minimum Gasteiger partial charge on any atom is -0.477 e. The minimum absolute atomic E-state index is 0.643. The fraction of sp³-hybridized carbons (Fsp3) is 0.833. The van der Waals surface area contributed by atoms with Gasteiger partial charge in [0.2, 0.25) is 0 Å². The van der Waals surface area contributed by atoms with Crippen molar-refractivity contribution in [3.63, 3.8) is 0 Å². The number of hydrogen-bond acceptors (Lipinski definition) is 1. The highest BCUT2D eigenvalue weighted by Gasteiger charge is 2.42. The van der Waals surface area contributed by atoms with E-state index in [1.54, 1.807) is 36.4 Å². The molecule has 0 unspecified atom stereocenters. The fourth-order valence-electron chi connectivity index (χ4n) is 0.604. The van der Waals surface area contributed by atoms with Gasteiger partial charge in [0.1, 0.15) is 0 Å². The molecule has 5 heteroatoms. The van der Waals surface area contributed by atoms with Crippen LogP contribution in [0.25, 0.3) is 0 Å². The summed E-state index contributed by atoms with van der Waals surface area (Å²) < 4.78 is 24.2. The molecule has 0 aliphatic carbocycles. The molecule has 0 aromatic carbocycles. The Morgan fingerprint density at radius 1 is 1.55 bits per heavy atom. The van der Waals surface area contributed by atoms with Crippen LogP contribution in [0.5, 0.6) is 0 Å². The van der Waals surface area contributed by atoms with Gasteiger partial charge in [0, 0.05) is 9.84 Å². The number of halogens is 3. The van der Waals surface area contributed by atoms with Gasteiger partial charge in [-0.3, -0.25) is 0 Å². The Labute approximate surface area is 77.1 Å². The van der Waals surface area contributed by atoms with E-state index in [9.17, 15) is 13.6 Å². The third-order valence-corrected chi connectivity index (χ3v) is 1.34. The zero-order valence-electron chi connectivity index (χ0n) is 6.20. The standard InChI is InChI=1S/C6H9F2IO2/c1-5(2,9)3-6(7,8)4(10)11/h3H2,1-2H3,(H,10,11). The Balaban J connectivity index is 4.25. The molecule has 1 N–H and O–H groups in total. The summed E-state index contributed by atoms with van der Waals surface area (Å²) in [4.78, 5) is 9.95. The first-order valence-corrected chi connectivity index (χ1v) is 4.03. The molecule has 0 amide bonds. The van der Waals surface area contributed by atoms with Gasteiger partial charge in [0.05, 0.1) is 0 Å². The van der Waals surface area contributed by atoms with Crippen LogP contribution in [-0.2, 0) is 4.79 Å². The SMILES string of the molecule is CC(C)(I)CC(F)(F)C(=O)O. The summed E-state index contributed by atoms with van der Waals surface area (Å²) in [6, 6.07) is 0. The number of aliphatic carboxylic acids is 1. The van der Waals surface area contributed by atoms with E-state index in [4.69, 9.17) is 5.11 Å². The Kier molecular flexibility index (Phi) is 3.22. The second-order valence-electron chi connectivity index (χ2n) is 2.91. The van der Waals surface area contributed by atoms with E-state index in [-0.39, 0.29) is 0 Å². The van der Waals surface area contributed by atoms with Crippen molar-refractivity contribution in [2.24, 2.45) is 0 Å². The quantitative estimate of drug-likeness (QED) is 0.635. The average Bonchev–Trinajstić information content (AvgIpc) is 1.56. The third-order valence-electron chi connectivity index (χ3n) is 0.955. The van der Waals surface area contributed by atoms with Crippen LogP contribution in [0.15, 0.2) is 0 Å². The molecule has 0 aliphatic rings. The van der Waals surface area contributed by atoms with Gasteiger partial charge in [0.25, 0.3) is 0 Å². The molecular formula is C6H9F2IO2. The molecule has 66 valence electrons. The van der Waals surface area contributed by atoms with Crippen molar-refractivity contribution >= 4 is 28.6 Å². The van der Waals surface area contributed by atoms with Crippen LogP contribution in [0.4, 0.5) is 8.78 Å². The van der Waals surface area contributed by atoms with Crippen LogP contribution in [0.2, 0.25) is 0 Å². The minimum atomic E-state index is -3.61. The topological polar surface area (TPSA) is 37.3 Å². The Hall–Kier alpha value is 0.0600. The van der Waals surface area contributed by atoms with Crippen LogP contribution in [0, 0.1) is 0 Å². The van der Waals surface area contributed by atoms with Crippen molar-refractivity contribution in [3.8, 4) is 0 Å². The Bertz CT molecular complexity index is 162. The highest BCUT2D eigenvalue weighted by atomic mass is 127. The lowest BCUT2D eigenvalue weighted by Crippen LogP contribution is -2.34. The maximum absolute atomic E-state index is 12.4.